The third-order valence-corrected chi connectivity index (χ3v) is 7.15. The normalized spacial score (nSPS) is 13.2. The number of unbranched alkanes of at least 4 members (excludes halogenated alkanes) is 3. The van der Waals surface area contributed by atoms with Crippen LogP contribution in [0, 0.1) is 0 Å². The number of ether oxygens (including phenoxy) is 1. The molecule has 0 aromatic carbocycles. The fraction of sp³-hybridized carbons (Fsp3) is 0.650. The van der Waals surface area contributed by atoms with Gasteiger partial charge in [0.2, 0.25) is 5.91 Å². The van der Waals surface area contributed by atoms with Gasteiger partial charge in [0.1, 0.15) is 4.83 Å². The van der Waals surface area contributed by atoms with Gasteiger partial charge in [0, 0.05) is 25.1 Å². The van der Waals surface area contributed by atoms with E-state index in [1.165, 1.54) is 28.6 Å². The summed E-state index contributed by atoms with van der Waals surface area (Å²) in [5.74, 6) is 0.185. The molecule has 0 aliphatic heterocycles. The van der Waals surface area contributed by atoms with E-state index in [1.807, 2.05) is 0 Å². The molecule has 154 valence electrons. The molecule has 0 saturated carbocycles. The SMILES string of the molecule is CCCCCCn1c(SCC(=O)NCCOC)nc2sc3c(c2c1=O)CCC3. The lowest BCUT2D eigenvalue weighted by Gasteiger charge is -2.12. The van der Waals surface area contributed by atoms with Crippen LogP contribution in [-0.2, 0) is 28.9 Å². The van der Waals surface area contributed by atoms with Crippen LogP contribution in [0.5, 0.6) is 0 Å². The number of carbonyl (C=O) groups is 1. The highest BCUT2D eigenvalue weighted by Gasteiger charge is 2.23. The number of aryl methyl sites for hydroxylation is 2. The fourth-order valence-corrected chi connectivity index (χ4v) is 5.69. The minimum absolute atomic E-state index is 0.0670. The Kier molecular flexibility index (Phi) is 7.93. The molecule has 0 fully saturated rings. The quantitative estimate of drug-likeness (QED) is 0.341. The molecule has 0 atom stereocenters. The number of nitrogens with one attached hydrogen (secondary N) is 1. The van der Waals surface area contributed by atoms with E-state index in [4.69, 9.17) is 9.72 Å². The summed E-state index contributed by atoms with van der Waals surface area (Å²) in [6.07, 6.45) is 7.56. The number of nitrogens with zero attached hydrogens (tertiary/aromatic N) is 2. The Labute approximate surface area is 174 Å². The molecule has 3 rings (SSSR count). The number of hydrogen-bond acceptors (Lipinski definition) is 6. The predicted molar refractivity (Wildman–Crippen MR) is 116 cm³/mol. The first kappa shape index (κ1) is 21.3. The van der Waals surface area contributed by atoms with Gasteiger partial charge in [0.25, 0.3) is 5.56 Å². The highest BCUT2D eigenvalue weighted by molar-refractivity contribution is 7.99. The minimum Gasteiger partial charge on any atom is -0.383 e. The first-order valence-electron chi connectivity index (χ1n) is 10.1. The maximum absolute atomic E-state index is 13.3. The molecule has 1 N–H and O–H groups in total. The van der Waals surface area contributed by atoms with Gasteiger partial charge in [-0.15, -0.1) is 11.3 Å². The lowest BCUT2D eigenvalue weighted by molar-refractivity contribution is -0.118. The maximum Gasteiger partial charge on any atom is 0.263 e. The Morgan fingerprint density at radius 1 is 1.32 bits per heavy atom. The molecule has 0 spiro atoms. The standard InChI is InChI=1S/C20H29N3O3S2/c1-3-4-5-6-11-23-19(25)17-14-8-7-9-15(14)28-18(17)22-20(23)27-13-16(24)21-10-12-26-2/h3-13H2,1-2H3,(H,21,24). The molecule has 0 saturated heterocycles. The van der Waals surface area contributed by atoms with Crippen molar-refractivity contribution < 1.29 is 9.53 Å². The zero-order valence-corrected chi connectivity index (χ0v) is 18.3. The molecule has 28 heavy (non-hydrogen) atoms. The van der Waals surface area contributed by atoms with Crippen molar-refractivity contribution in [3.8, 4) is 0 Å². The van der Waals surface area contributed by atoms with Crippen LogP contribution < -0.4 is 10.9 Å². The Balaban J connectivity index is 1.82. The van der Waals surface area contributed by atoms with Crippen molar-refractivity contribution in [3.63, 3.8) is 0 Å². The number of thiophene rings is 1. The average molecular weight is 424 g/mol. The second-order valence-electron chi connectivity index (χ2n) is 7.08. The van der Waals surface area contributed by atoms with E-state index in [-0.39, 0.29) is 17.2 Å². The summed E-state index contributed by atoms with van der Waals surface area (Å²) in [4.78, 5) is 32.3. The van der Waals surface area contributed by atoms with Crippen molar-refractivity contribution >= 4 is 39.2 Å². The number of amides is 1. The van der Waals surface area contributed by atoms with Crippen molar-refractivity contribution in [1.82, 2.24) is 14.9 Å². The summed E-state index contributed by atoms with van der Waals surface area (Å²) in [5.41, 5.74) is 1.29. The number of thioether (sulfide) groups is 1. The zero-order valence-electron chi connectivity index (χ0n) is 16.7. The van der Waals surface area contributed by atoms with Gasteiger partial charge in [0.15, 0.2) is 5.16 Å². The number of methoxy groups -OCH3 is 1. The van der Waals surface area contributed by atoms with Gasteiger partial charge in [-0.2, -0.15) is 0 Å². The van der Waals surface area contributed by atoms with Crippen molar-refractivity contribution in [2.75, 3.05) is 26.0 Å². The number of aromatic nitrogens is 2. The first-order valence-corrected chi connectivity index (χ1v) is 11.9. The van der Waals surface area contributed by atoms with Gasteiger partial charge in [-0.25, -0.2) is 4.98 Å². The maximum atomic E-state index is 13.3. The largest absolute Gasteiger partial charge is 0.383 e. The van der Waals surface area contributed by atoms with E-state index < -0.39 is 0 Å². The van der Waals surface area contributed by atoms with Gasteiger partial charge in [0.05, 0.1) is 17.7 Å². The Hall–Kier alpha value is -1.38. The highest BCUT2D eigenvalue weighted by atomic mass is 32.2. The Morgan fingerprint density at radius 3 is 2.96 bits per heavy atom. The van der Waals surface area contributed by atoms with Gasteiger partial charge in [-0.05, 0) is 31.2 Å². The van der Waals surface area contributed by atoms with E-state index in [0.717, 1.165) is 48.7 Å². The van der Waals surface area contributed by atoms with Crippen molar-refractivity contribution in [2.45, 2.75) is 63.6 Å². The van der Waals surface area contributed by atoms with Gasteiger partial charge >= 0.3 is 0 Å². The molecule has 0 bridgehead atoms. The summed E-state index contributed by atoms with van der Waals surface area (Å²) in [6.45, 7) is 3.82. The molecule has 2 aromatic heterocycles. The smallest absolute Gasteiger partial charge is 0.263 e. The average Bonchev–Trinajstić information content (AvgIpc) is 3.26. The van der Waals surface area contributed by atoms with Gasteiger partial charge in [-0.3, -0.25) is 14.2 Å². The van der Waals surface area contributed by atoms with Crippen LogP contribution in [-0.4, -0.2) is 41.5 Å². The van der Waals surface area contributed by atoms with E-state index in [2.05, 4.69) is 12.2 Å². The lowest BCUT2D eigenvalue weighted by Crippen LogP contribution is -2.29. The van der Waals surface area contributed by atoms with Crippen molar-refractivity contribution in [2.24, 2.45) is 0 Å². The molecule has 1 aliphatic rings. The minimum atomic E-state index is -0.0670. The van der Waals surface area contributed by atoms with Crippen LogP contribution in [0.4, 0.5) is 0 Å². The zero-order chi connectivity index (χ0) is 19.9. The predicted octanol–water partition coefficient (Wildman–Crippen LogP) is 3.38. The van der Waals surface area contributed by atoms with Crippen molar-refractivity contribution in [3.05, 3.63) is 20.8 Å². The third-order valence-electron chi connectivity index (χ3n) is 4.99. The summed E-state index contributed by atoms with van der Waals surface area (Å²) >= 11 is 3.00. The molecule has 6 nitrogen and oxygen atoms in total. The molecule has 0 unspecified atom stereocenters. The second kappa shape index (κ2) is 10.4. The summed E-state index contributed by atoms with van der Waals surface area (Å²) < 4.78 is 6.76. The van der Waals surface area contributed by atoms with E-state index >= 15 is 0 Å². The van der Waals surface area contributed by atoms with E-state index in [0.29, 0.717) is 24.9 Å². The number of fused-ring (bicyclic) bond motifs is 3. The van der Waals surface area contributed by atoms with E-state index in [9.17, 15) is 9.59 Å². The van der Waals surface area contributed by atoms with Crippen LogP contribution in [0.1, 0.15) is 49.5 Å². The van der Waals surface area contributed by atoms with Crippen molar-refractivity contribution in [1.29, 1.82) is 0 Å². The summed E-state index contributed by atoms with van der Waals surface area (Å²) in [5, 5.41) is 4.30. The number of hydrogen-bond donors (Lipinski definition) is 1. The van der Waals surface area contributed by atoms with E-state index in [1.54, 1.807) is 23.0 Å². The van der Waals surface area contributed by atoms with Gasteiger partial charge < -0.3 is 10.1 Å². The molecule has 2 aromatic rings. The Bertz CT molecular complexity index is 876. The van der Waals surface area contributed by atoms with Crippen LogP contribution in [0.25, 0.3) is 10.2 Å². The van der Waals surface area contributed by atoms with Gasteiger partial charge in [-0.1, -0.05) is 37.9 Å². The summed E-state index contributed by atoms with van der Waals surface area (Å²) in [7, 11) is 1.61. The third kappa shape index (κ3) is 4.96. The van der Waals surface area contributed by atoms with Crippen LogP contribution in [0.3, 0.4) is 0 Å². The number of rotatable bonds is 11. The first-order chi connectivity index (χ1) is 13.7. The highest BCUT2D eigenvalue weighted by Crippen LogP contribution is 2.35. The molecule has 0 radical (unpaired) electrons. The Morgan fingerprint density at radius 2 is 2.18 bits per heavy atom. The monoisotopic (exact) mass is 423 g/mol. The molecule has 2 heterocycles. The van der Waals surface area contributed by atoms with Crippen LogP contribution in [0.15, 0.2) is 9.95 Å². The molecule has 1 aliphatic carbocycles. The number of carbonyl (C=O) groups excluding carboxylic acids is 1. The fourth-order valence-electron chi connectivity index (χ4n) is 3.54. The summed E-state index contributed by atoms with van der Waals surface area (Å²) in [6, 6.07) is 0. The lowest BCUT2D eigenvalue weighted by atomic mass is 10.2. The topological polar surface area (TPSA) is 73.2 Å². The molecule has 8 heteroatoms. The van der Waals surface area contributed by atoms with Crippen LogP contribution in [0.2, 0.25) is 0 Å². The molecular weight excluding hydrogens is 394 g/mol. The second-order valence-corrected chi connectivity index (χ2v) is 9.11. The molecular formula is C20H29N3O3S2. The van der Waals surface area contributed by atoms with Crippen LogP contribution >= 0.6 is 23.1 Å². The molecule has 1 amide bonds.